The van der Waals surface area contributed by atoms with E-state index in [1.165, 1.54) is 11.8 Å². The topological polar surface area (TPSA) is 77.1 Å². The average molecular weight is 543 g/mol. The van der Waals surface area contributed by atoms with Crippen molar-refractivity contribution in [2.45, 2.75) is 52.3 Å². The lowest BCUT2D eigenvalue weighted by Gasteiger charge is -2.39. The van der Waals surface area contributed by atoms with Crippen molar-refractivity contribution in [3.05, 3.63) is 74.8 Å². The van der Waals surface area contributed by atoms with Gasteiger partial charge in [0.05, 0.1) is 35.8 Å². The molecule has 1 fully saturated rings. The summed E-state index contributed by atoms with van der Waals surface area (Å²) in [5, 5.41) is 3.88. The molecule has 2 aromatic rings. The van der Waals surface area contributed by atoms with Gasteiger partial charge in [0.2, 0.25) is 0 Å². The summed E-state index contributed by atoms with van der Waals surface area (Å²) in [4.78, 5) is 29.3. The van der Waals surface area contributed by atoms with Crippen molar-refractivity contribution in [1.82, 2.24) is 10.2 Å². The Labute approximate surface area is 226 Å². The standard InChI is InChI=1S/C28H31ClN2O5S/c1-6-34-21-13-12-19(29)14-18(21)15-23-26(32)31-25(20-10-8-9-11-22(20)36-16(3)4)24(27(33)35-7-2)17(5)30-28(31)37-23/h8-16,25,28,30H,6-7H2,1-5H3/b23-15-. The molecule has 0 aliphatic carbocycles. The summed E-state index contributed by atoms with van der Waals surface area (Å²) in [6, 6.07) is 12.1. The number of para-hydroxylation sites is 1. The number of benzene rings is 2. The Morgan fingerprint density at radius 1 is 1.16 bits per heavy atom. The smallest absolute Gasteiger partial charge is 0.338 e. The van der Waals surface area contributed by atoms with Crippen LogP contribution in [0.3, 0.4) is 0 Å². The molecule has 2 aromatic carbocycles. The zero-order valence-corrected chi connectivity index (χ0v) is 23.1. The number of carbonyl (C=O) groups excluding carboxylic acids is 2. The van der Waals surface area contributed by atoms with Gasteiger partial charge in [0.1, 0.15) is 11.5 Å². The first-order valence-corrected chi connectivity index (χ1v) is 13.5. The third kappa shape index (κ3) is 5.60. The van der Waals surface area contributed by atoms with Crippen molar-refractivity contribution in [3.8, 4) is 11.5 Å². The highest BCUT2D eigenvalue weighted by atomic mass is 35.5. The van der Waals surface area contributed by atoms with Gasteiger partial charge in [-0.15, -0.1) is 0 Å². The van der Waals surface area contributed by atoms with Crippen LogP contribution in [0.25, 0.3) is 6.08 Å². The molecule has 1 N–H and O–H groups in total. The number of nitrogens with zero attached hydrogens (tertiary/aromatic N) is 1. The Morgan fingerprint density at radius 3 is 2.62 bits per heavy atom. The number of esters is 1. The molecule has 2 aliphatic heterocycles. The summed E-state index contributed by atoms with van der Waals surface area (Å²) in [6.45, 7) is 10.1. The van der Waals surface area contributed by atoms with E-state index in [2.05, 4.69) is 5.32 Å². The van der Waals surface area contributed by atoms with Gasteiger partial charge >= 0.3 is 5.97 Å². The van der Waals surface area contributed by atoms with E-state index < -0.39 is 17.5 Å². The minimum Gasteiger partial charge on any atom is -0.493 e. The first kappa shape index (κ1) is 26.9. The van der Waals surface area contributed by atoms with Crippen LogP contribution < -0.4 is 14.8 Å². The number of allylic oxidation sites excluding steroid dienone is 1. The predicted molar refractivity (Wildman–Crippen MR) is 146 cm³/mol. The molecule has 4 rings (SSSR count). The molecule has 0 aromatic heterocycles. The van der Waals surface area contributed by atoms with Crippen LogP contribution >= 0.6 is 23.4 Å². The van der Waals surface area contributed by atoms with Crippen molar-refractivity contribution in [2.24, 2.45) is 0 Å². The number of carbonyl (C=O) groups is 2. The highest BCUT2D eigenvalue weighted by molar-refractivity contribution is 8.05. The Morgan fingerprint density at radius 2 is 1.92 bits per heavy atom. The van der Waals surface area contributed by atoms with Gasteiger partial charge in [0.25, 0.3) is 5.91 Å². The van der Waals surface area contributed by atoms with E-state index in [1.54, 1.807) is 36.1 Å². The van der Waals surface area contributed by atoms with Gasteiger partial charge in [-0.25, -0.2) is 4.79 Å². The van der Waals surface area contributed by atoms with Crippen molar-refractivity contribution in [1.29, 1.82) is 0 Å². The quantitative estimate of drug-likeness (QED) is 0.328. The number of nitrogens with one attached hydrogen (secondary N) is 1. The van der Waals surface area contributed by atoms with E-state index in [9.17, 15) is 9.59 Å². The van der Waals surface area contributed by atoms with Crippen LogP contribution in [0, 0.1) is 0 Å². The molecule has 37 heavy (non-hydrogen) atoms. The van der Waals surface area contributed by atoms with E-state index in [1.807, 2.05) is 52.0 Å². The fraction of sp³-hybridized carbons (Fsp3) is 0.357. The molecule has 2 heterocycles. The van der Waals surface area contributed by atoms with E-state index in [4.69, 9.17) is 25.8 Å². The minimum absolute atomic E-state index is 0.0892. The van der Waals surface area contributed by atoms with Crippen LogP contribution in [0.15, 0.2) is 58.6 Å². The maximum absolute atomic E-state index is 14.0. The summed E-state index contributed by atoms with van der Waals surface area (Å²) in [5.74, 6) is 0.559. The maximum atomic E-state index is 14.0. The molecule has 7 nitrogen and oxygen atoms in total. The van der Waals surface area contributed by atoms with Gasteiger partial charge in [0, 0.05) is 21.8 Å². The summed E-state index contributed by atoms with van der Waals surface area (Å²) in [7, 11) is 0. The molecule has 1 saturated heterocycles. The zero-order chi connectivity index (χ0) is 26.7. The summed E-state index contributed by atoms with van der Waals surface area (Å²) >= 11 is 7.63. The molecule has 2 unspecified atom stereocenters. The summed E-state index contributed by atoms with van der Waals surface area (Å²) in [5.41, 5.74) is 2.04. The zero-order valence-electron chi connectivity index (χ0n) is 21.5. The Hall–Kier alpha value is -3.10. The number of fused-ring (bicyclic) bond motifs is 1. The van der Waals surface area contributed by atoms with Gasteiger partial charge in [-0.1, -0.05) is 41.6 Å². The maximum Gasteiger partial charge on any atom is 0.338 e. The average Bonchev–Trinajstić information content (AvgIpc) is 3.14. The van der Waals surface area contributed by atoms with Crippen LogP contribution in [-0.2, 0) is 14.3 Å². The minimum atomic E-state index is -0.697. The van der Waals surface area contributed by atoms with Gasteiger partial charge in [-0.2, -0.15) is 0 Å². The van der Waals surface area contributed by atoms with Gasteiger partial charge in [-0.05, 0) is 65.0 Å². The highest BCUT2D eigenvalue weighted by Crippen LogP contribution is 2.48. The fourth-order valence-corrected chi connectivity index (χ4v) is 5.81. The molecular formula is C28H31ClN2O5S. The molecule has 9 heteroatoms. The summed E-state index contributed by atoms with van der Waals surface area (Å²) < 4.78 is 17.3. The lowest BCUT2D eigenvalue weighted by molar-refractivity contribution is -0.140. The molecule has 0 bridgehead atoms. The number of halogens is 1. The van der Waals surface area contributed by atoms with E-state index in [0.717, 1.165) is 5.56 Å². The van der Waals surface area contributed by atoms with Crippen molar-refractivity contribution in [2.75, 3.05) is 13.2 Å². The largest absolute Gasteiger partial charge is 0.493 e. The van der Waals surface area contributed by atoms with Crippen LogP contribution in [0.1, 0.15) is 51.8 Å². The first-order valence-electron chi connectivity index (χ1n) is 12.3. The highest BCUT2D eigenvalue weighted by Gasteiger charge is 2.48. The third-order valence-electron chi connectivity index (χ3n) is 5.86. The van der Waals surface area contributed by atoms with E-state index in [0.29, 0.717) is 44.9 Å². The Bertz CT molecular complexity index is 1260. The van der Waals surface area contributed by atoms with Gasteiger partial charge < -0.3 is 19.5 Å². The SMILES string of the molecule is CCOC(=O)C1=C(C)NC2S/C(=C\c3cc(Cl)ccc3OCC)C(=O)N2C1c1ccccc1OC(C)C. The molecule has 0 spiro atoms. The van der Waals surface area contributed by atoms with Crippen molar-refractivity contribution in [3.63, 3.8) is 0 Å². The second kappa shape index (κ2) is 11.5. The summed E-state index contributed by atoms with van der Waals surface area (Å²) in [6.07, 6.45) is 1.70. The molecule has 0 radical (unpaired) electrons. The van der Waals surface area contributed by atoms with Crippen molar-refractivity contribution >= 4 is 41.3 Å². The third-order valence-corrected chi connectivity index (χ3v) is 7.21. The number of hydrogen-bond donors (Lipinski definition) is 1. The van der Waals surface area contributed by atoms with Crippen LogP contribution in [0.2, 0.25) is 5.02 Å². The van der Waals surface area contributed by atoms with Crippen LogP contribution in [0.5, 0.6) is 11.5 Å². The van der Waals surface area contributed by atoms with Gasteiger partial charge in [-0.3, -0.25) is 9.69 Å². The number of amides is 1. The molecule has 2 atom stereocenters. The molecule has 0 saturated carbocycles. The Balaban J connectivity index is 1.83. The molecule has 2 aliphatic rings. The number of rotatable bonds is 8. The molecule has 196 valence electrons. The number of ether oxygens (including phenoxy) is 3. The van der Waals surface area contributed by atoms with Gasteiger partial charge in [0.15, 0.2) is 5.50 Å². The molecule has 1 amide bonds. The molecular weight excluding hydrogens is 512 g/mol. The number of thioether (sulfide) groups is 1. The Kier molecular flexibility index (Phi) is 8.39. The van der Waals surface area contributed by atoms with E-state index >= 15 is 0 Å². The number of hydrogen-bond acceptors (Lipinski definition) is 7. The first-order chi connectivity index (χ1) is 17.7. The normalized spacial score (nSPS) is 20.2. The van der Waals surface area contributed by atoms with Crippen LogP contribution in [-0.4, -0.2) is 41.6 Å². The second-order valence-electron chi connectivity index (χ2n) is 8.82. The van der Waals surface area contributed by atoms with E-state index in [-0.39, 0.29) is 18.6 Å². The fourth-order valence-electron chi connectivity index (χ4n) is 4.42. The lowest BCUT2D eigenvalue weighted by atomic mass is 9.93. The lowest BCUT2D eigenvalue weighted by Crippen LogP contribution is -2.50. The monoisotopic (exact) mass is 542 g/mol. The second-order valence-corrected chi connectivity index (χ2v) is 10.4. The van der Waals surface area contributed by atoms with Crippen LogP contribution in [0.4, 0.5) is 0 Å². The predicted octanol–water partition coefficient (Wildman–Crippen LogP) is 5.91. The van der Waals surface area contributed by atoms with Crippen molar-refractivity contribution < 1.29 is 23.8 Å².